The lowest BCUT2D eigenvalue weighted by molar-refractivity contribution is -0.139. The zero-order valence-electron chi connectivity index (χ0n) is 21.7. The van der Waals surface area contributed by atoms with E-state index in [1.807, 2.05) is 11.8 Å². The number of hydrogen-bond acceptors (Lipinski definition) is 5. The number of halogens is 2. The molecule has 0 aromatic heterocycles. The van der Waals surface area contributed by atoms with E-state index in [0.717, 1.165) is 0 Å². The molecule has 2 aromatic carbocycles. The summed E-state index contributed by atoms with van der Waals surface area (Å²) in [5.74, 6) is -1.89. The van der Waals surface area contributed by atoms with Crippen molar-refractivity contribution in [1.82, 2.24) is 20.0 Å². The van der Waals surface area contributed by atoms with Gasteiger partial charge in [-0.15, -0.1) is 0 Å². The average molecular weight is 527 g/mol. The van der Waals surface area contributed by atoms with Crippen LogP contribution < -0.4 is 5.32 Å². The molecule has 8 nitrogen and oxygen atoms in total. The summed E-state index contributed by atoms with van der Waals surface area (Å²) >= 11 is 0. The van der Waals surface area contributed by atoms with Gasteiger partial charge in [-0.2, -0.15) is 0 Å². The molecular weight excluding hydrogens is 494 g/mol. The summed E-state index contributed by atoms with van der Waals surface area (Å²) in [5.41, 5.74) is 1.09. The highest BCUT2D eigenvalue weighted by atomic mass is 19.1. The zero-order chi connectivity index (χ0) is 27.4. The summed E-state index contributed by atoms with van der Waals surface area (Å²) in [6.07, 6.45) is 0. The lowest BCUT2D eigenvalue weighted by Gasteiger charge is -2.43. The van der Waals surface area contributed by atoms with Crippen LogP contribution in [0, 0.1) is 11.6 Å². The van der Waals surface area contributed by atoms with Gasteiger partial charge < -0.3 is 15.0 Å². The van der Waals surface area contributed by atoms with Crippen molar-refractivity contribution in [3.05, 3.63) is 82.6 Å². The number of ether oxygens (including phenoxy) is 1. The van der Waals surface area contributed by atoms with Crippen molar-refractivity contribution in [2.75, 3.05) is 39.3 Å². The molecule has 0 aliphatic carbocycles. The number of benzene rings is 2. The summed E-state index contributed by atoms with van der Waals surface area (Å²) < 4.78 is 33.8. The molecule has 2 heterocycles. The first kappa shape index (κ1) is 27.3. The third-order valence-corrected chi connectivity index (χ3v) is 6.88. The average Bonchev–Trinajstić information content (AvgIpc) is 2.88. The van der Waals surface area contributed by atoms with Crippen molar-refractivity contribution in [3.63, 3.8) is 0 Å². The lowest BCUT2D eigenvalue weighted by Crippen LogP contribution is -2.56. The standard InChI is InChI=1S/C28H32F2N4O4/c1-4-33-23(17-32-13-14-34(18(3)16-32)26(35)19-9-8-10-20(29)15-19)24(27(36)38-5-2)25(31-28(33)37)21-11-6-7-12-22(21)30/h6-12,15,18,25H,4-5,13-14,16-17H2,1-3H3,(H,31,37). The van der Waals surface area contributed by atoms with Crippen LogP contribution in [0.4, 0.5) is 13.6 Å². The van der Waals surface area contributed by atoms with Crippen molar-refractivity contribution in [1.29, 1.82) is 0 Å². The number of carbonyl (C=O) groups excluding carboxylic acids is 3. The van der Waals surface area contributed by atoms with Crippen molar-refractivity contribution in [2.45, 2.75) is 32.9 Å². The molecule has 0 saturated carbocycles. The number of nitrogens with one attached hydrogen (secondary N) is 1. The van der Waals surface area contributed by atoms with Crippen LogP contribution in [0.15, 0.2) is 59.8 Å². The second-order valence-electron chi connectivity index (χ2n) is 9.32. The first-order chi connectivity index (χ1) is 18.2. The molecule has 2 atom stereocenters. The molecule has 2 unspecified atom stereocenters. The summed E-state index contributed by atoms with van der Waals surface area (Å²) in [6.45, 7) is 7.34. The van der Waals surface area contributed by atoms with Crippen LogP contribution in [0.3, 0.4) is 0 Å². The second kappa shape index (κ2) is 11.7. The molecule has 0 radical (unpaired) electrons. The smallest absolute Gasteiger partial charge is 0.338 e. The number of piperazine rings is 1. The van der Waals surface area contributed by atoms with Crippen LogP contribution in [0.2, 0.25) is 0 Å². The molecule has 3 amide bonds. The van der Waals surface area contributed by atoms with E-state index in [9.17, 15) is 23.2 Å². The van der Waals surface area contributed by atoms with E-state index < -0.39 is 29.7 Å². The Morgan fingerprint density at radius 1 is 1.08 bits per heavy atom. The quantitative estimate of drug-likeness (QED) is 0.557. The van der Waals surface area contributed by atoms with Gasteiger partial charge >= 0.3 is 12.0 Å². The Labute approximate surface area is 220 Å². The molecular formula is C28H32F2N4O4. The van der Waals surface area contributed by atoms with Crippen LogP contribution in [-0.2, 0) is 9.53 Å². The molecule has 0 spiro atoms. The Balaban J connectivity index is 1.64. The largest absolute Gasteiger partial charge is 0.463 e. The van der Waals surface area contributed by atoms with Gasteiger partial charge in [0.15, 0.2) is 0 Å². The van der Waals surface area contributed by atoms with Gasteiger partial charge in [-0.25, -0.2) is 18.4 Å². The number of rotatable bonds is 7. The minimum absolute atomic E-state index is 0.123. The highest BCUT2D eigenvalue weighted by Gasteiger charge is 2.40. The highest BCUT2D eigenvalue weighted by molar-refractivity contribution is 5.95. The van der Waals surface area contributed by atoms with Crippen molar-refractivity contribution in [2.24, 2.45) is 0 Å². The number of hydrogen-bond donors (Lipinski definition) is 1. The highest BCUT2D eigenvalue weighted by Crippen LogP contribution is 2.33. The Morgan fingerprint density at radius 2 is 1.84 bits per heavy atom. The van der Waals surface area contributed by atoms with E-state index in [2.05, 4.69) is 5.32 Å². The molecule has 1 fully saturated rings. The fraction of sp³-hybridized carbons (Fsp3) is 0.393. The van der Waals surface area contributed by atoms with E-state index in [0.29, 0.717) is 31.9 Å². The SMILES string of the molecule is CCOC(=O)C1=C(CN2CCN(C(=O)c3cccc(F)c3)C(C)C2)N(CC)C(=O)NC1c1ccccc1F. The molecule has 1 N–H and O–H groups in total. The number of carbonyl (C=O) groups is 3. The van der Waals surface area contributed by atoms with E-state index in [4.69, 9.17) is 4.74 Å². The Bertz CT molecular complexity index is 1250. The van der Waals surface area contributed by atoms with Crippen molar-refractivity contribution >= 4 is 17.9 Å². The van der Waals surface area contributed by atoms with Gasteiger partial charge in [0.05, 0.1) is 18.2 Å². The molecule has 38 heavy (non-hydrogen) atoms. The van der Waals surface area contributed by atoms with Crippen LogP contribution in [-0.4, -0.2) is 78.0 Å². The fourth-order valence-corrected chi connectivity index (χ4v) is 5.08. The number of esters is 1. The van der Waals surface area contributed by atoms with E-state index in [-0.39, 0.29) is 41.8 Å². The third kappa shape index (κ3) is 5.55. The summed E-state index contributed by atoms with van der Waals surface area (Å²) in [6, 6.07) is 9.98. The molecule has 1 saturated heterocycles. The monoisotopic (exact) mass is 526 g/mol. The van der Waals surface area contributed by atoms with Crippen LogP contribution in [0.5, 0.6) is 0 Å². The van der Waals surface area contributed by atoms with Gasteiger partial charge in [0.1, 0.15) is 11.6 Å². The molecule has 4 rings (SSSR count). The predicted octanol–water partition coefficient (Wildman–Crippen LogP) is 3.71. The first-order valence-corrected chi connectivity index (χ1v) is 12.8. The van der Waals surface area contributed by atoms with Crippen LogP contribution in [0.25, 0.3) is 0 Å². The minimum atomic E-state index is -1.01. The summed E-state index contributed by atoms with van der Waals surface area (Å²) in [5, 5.41) is 2.77. The van der Waals surface area contributed by atoms with Crippen molar-refractivity contribution in [3.8, 4) is 0 Å². The van der Waals surface area contributed by atoms with Crippen molar-refractivity contribution < 1.29 is 27.9 Å². The van der Waals surface area contributed by atoms with E-state index >= 15 is 0 Å². The maximum absolute atomic E-state index is 14.8. The molecule has 2 aliphatic rings. The Hall–Kier alpha value is -3.79. The van der Waals surface area contributed by atoms with Crippen LogP contribution >= 0.6 is 0 Å². The van der Waals surface area contributed by atoms with Gasteiger partial charge in [-0.3, -0.25) is 14.6 Å². The molecule has 0 bridgehead atoms. The summed E-state index contributed by atoms with van der Waals surface area (Å²) in [7, 11) is 0. The van der Waals surface area contributed by atoms with E-state index in [1.165, 1.54) is 35.2 Å². The molecule has 202 valence electrons. The minimum Gasteiger partial charge on any atom is -0.463 e. The van der Waals surface area contributed by atoms with Gasteiger partial charge in [-0.05, 0) is 45.0 Å². The van der Waals surface area contributed by atoms with E-state index in [1.54, 1.807) is 36.9 Å². The summed E-state index contributed by atoms with van der Waals surface area (Å²) in [4.78, 5) is 44.5. The van der Waals surface area contributed by atoms with Gasteiger partial charge in [-0.1, -0.05) is 24.3 Å². The molecule has 2 aliphatic heterocycles. The molecule has 10 heteroatoms. The van der Waals surface area contributed by atoms with Gasteiger partial charge in [0, 0.05) is 55.6 Å². The molecule has 2 aromatic rings. The normalized spacial score (nSPS) is 20.4. The second-order valence-corrected chi connectivity index (χ2v) is 9.32. The van der Waals surface area contributed by atoms with Gasteiger partial charge in [0.25, 0.3) is 5.91 Å². The first-order valence-electron chi connectivity index (χ1n) is 12.8. The van der Waals surface area contributed by atoms with Gasteiger partial charge in [0.2, 0.25) is 0 Å². The maximum atomic E-state index is 14.8. The topological polar surface area (TPSA) is 82.2 Å². The van der Waals surface area contributed by atoms with Crippen LogP contribution in [0.1, 0.15) is 42.7 Å². The number of nitrogens with zero attached hydrogens (tertiary/aromatic N) is 3. The predicted molar refractivity (Wildman–Crippen MR) is 137 cm³/mol. The third-order valence-electron chi connectivity index (χ3n) is 6.88. The number of urea groups is 1. The fourth-order valence-electron chi connectivity index (χ4n) is 5.08. The Kier molecular flexibility index (Phi) is 8.41. The lowest BCUT2D eigenvalue weighted by atomic mass is 9.93. The number of amides is 3. The number of likely N-dealkylation sites (N-methyl/N-ethyl adjacent to an activating group) is 1. The maximum Gasteiger partial charge on any atom is 0.338 e. The zero-order valence-corrected chi connectivity index (χ0v) is 21.7. The Morgan fingerprint density at radius 3 is 2.50 bits per heavy atom.